The molecule has 1 aromatic carbocycles. The Kier molecular flexibility index (Phi) is 6.30. The molecular formula is C15H25FN2S. The maximum absolute atomic E-state index is 13.8. The number of likely N-dealkylation sites (N-methyl/N-ethyl adjacent to an activating group) is 1. The van der Waals surface area contributed by atoms with Gasteiger partial charge in [-0.05, 0) is 45.2 Å². The lowest BCUT2D eigenvalue weighted by atomic mass is 9.90. The van der Waals surface area contributed by atoms with Gasteiger partial charge >= 0.3 is 0 Å². The second-order valence-corrected chi connectivity index (χ2v) is 6.30. The summed E-state index contributed by atoms with van der Waals surface area (Å²) in [5.74, 6) is 0.900. The van der Waals surface area contributed by atoms with E-state index in [1.807, 2.05) is 23.9 Å². The van der Waals surface area contributed by atoms with Crippen molar-refractivity contribution in [3.05, 3.63) is 35.6 Å². The first kappa shape index (κ1) is 16.5. The molecule has 0 heterocycles. The molecule has 108 valence electrons. The van der Waals surface area contributed by atoms with Gasteiger partial charge < -0.3 is 5.73 Å². The summed E-state index contributed by atoms with van der Waals surface area (Å²) in [6, 6.07) is 7.36. The molecule has 0 spiro atoms. The summed E-state index contributed by atoms with van der Waals surface area (Å²) in [7, 11) is 2.08. The van der Waals surface area contributed by atoms with E-state index in [9.17, 15) is 4.39 Å². The molecule has 0 bridgehead atoms. The molecule has 0 aliphatic carbocycles. The van der Waals surface area contributed by atoms with Crippen LogP contribution in [0.15, 0.2) is 24.3 Å². The van der Waals surface area contributed by atoms with Crippen LogP contribution in [0.4, 0.5) is 4.39 Å². The van der Waals surface area contributed by atoms with Crippen molar-refractivity contribution in [2.75, 3.05) is 25.6 Å². The first-order valence-electron chi connectivity index (χ1n) is 6.60. The van der Waals surface area contributed by atoms with Gasteiger partial charge in [-0.1, -0.05) is 18.2 Å². The van der Waals surface area contributed by atoms with Crippen molar-refractivity contribution in [1.82, 2.24) is 4.90 Å². The Labute approximate surface area is 120 Å². The van der Waals surface area contributed by atoms with Crippen molar-refractivity contribution in [3.63, 3.8) is 0 Å². The standard InChI is InChI=1S/C15H25FN2S/c1-12(10-19-4)18(3)15(2,11-17)9-13-7-5-6-8-14(13)16/h5-8,12H,9-11,17H2,1-4H3. The zero-order valence-corrected chi connectivity index (χ0v) is 13.1. The van der Waals surface area contributed by atoms with Crippen molar-refractivity contribution in [1.29, 1.82) is 0 Å². The maximum Gasteiger partial charge on any atom is 0.126 e. The highest BCUT2D eigenvalue weighted by molar-refractivity contribution is 7.98. The first-order valence-corrected chi connectivity index (χ1v) is 7.99. The average molecular weight is 284 g/mol. The molecule has 19 heavy (non-hydrogen) atoms. The maximum atomic E-state index is 13.8. The van der Waals surface area contributed by atoms with Crippen molar-refractivity contribution >= 4 is 11.8 Å². The van der Waals surface area contributed by atoms with Gasteiger partial charge in [0.15, 0.2) is 0 Å². The van der Waals surface area contributed by atoms with E-state index in [4.69, 9.17) is 5.73 Å². The third kappa shape index (κ3) is 4.20. The highest BCUT2D eigenvalue weighted by atomic mass is 32.2. The van der Waals surface area contributed by atoms with E-state index in [0.717, 1.165) is 11.3 Å². The number of thioether (sulfide) groups is 1. The summed E-state index contributed by atoms with van der Waals surface area (Å²) in [4.78, 5) is 2.27. The van der Waals surface area contributed by atoms with Crippen LogP contribution in [0.25, 0.3) is 0 Å². The molecule has 0 radical (unpaired) electrons. The lowest BCUT2D eigenvalue weighted by Gasteiger charge is -2.42. The van der Waals surface area contributed by atoms with E-state index in [0.29, 0.717) is 19.0 Å². The number of hydrogen-bond acceptors (Lipinski definition) is 3. The molecule has 0 aromatic heterocycles. The van der Waals surface area contributed by atoms with Crippen LogP contribution >= 0.6 is 11.8 Å². The number of nitrogens with two attached hydrogens (primary N) is 1. The zero-order valence-electron chi connectivity index (χ0n) is 12.3. The summed E-state index contributed by atoms with van der Waals surface area (Å²) < 4.78 is 13.8. The van der Waals surface area contributed by atoms with E-state index in [1.165, 1.54) is 6.07 Å². The Balaban J connectivity index is 2.88. The van der Waals surface area contributed by atoms with Crippen molar-refractivity contribution in [3.8, 4) is 0 Å². The normalized spacial score (nSPS) is 16.4. The van der Waals surface area contributed by atoms with Crippen LogP contribution in [0.1, 0.15) is 19.4 Å². The first-order chi connectivity index (χ1) is 8.94. The summed E-state index contributed by atoms with van der Waals surface area (Å²) in [6.45, 7) is 4.80. The Morgan fingerprint density at radius 1 is 1.42 bits per heavy atom. The SMILES string of the molecule is CSCC(C)N(C)C(C)(CN)Cc1ccccc1F. The number of rotatable bonds is 7. The molecule has 2 atom stereocenters. The van der Waals surface area contributed by atoms with Crippen LogP contribution in [0.3, 0.4) is 0 Å². The highest BCUT2D eigenvalue weighted by Gasteiger charge is 2.31. The minimum atomic E-state index is -0.225. The van der Waals surface area contributed by atoms with Crippen LogP contribution in [-0.4, -0.2) is 42.1 Å². The summed E-state index contributed by atoms with van der Waals surface area (Å²) in [5.41, 5.74) is 6.48. The zero-order chi connectivity index (χ0) is 14.5. The predicted molar refractivity (Wildman–Crippen MR) is 83.2 cm³/mol. The summed E-state index contributed by atoms with van der Waals surface area (Å²) in [5, 5.41) is 0. The fraction of sp³-hybridized carbons (Fsp3) is 0.600. The van der Waals surface area contributed by atoms with Gasteiger partial charge in [0.25, 0.3) is 0 Å². The van der Waals surface area contributed by atoms with Crippen molar-refractivity contribution in [2.45, 2.75) is 31.8 Å². The van der Waals surface area contributed by atoms with Crippen molar-refractivity contribution in [2.24, 2.45) is 5.73 Å². The van der Waals surface area contributed by atoms with Gasteiger partial charge in [-0.2, -0.15) is 11.8 Å². The Hall–Kier alpha value is -0.580. The molecule has 0 saturated carbocycles. The van der Waals surface area contributed by atoms with Crippen molar-refractivity contribution < 1.29 is 4.39 Å². The molecule has 4 heteroatoms. The van der Waals surface area contributed by atoms with Crippen LogP contribution < -0.4 is 5.73 Å². The number of halogens is 1. The smallest absolute Gasteiger partial charge is 0.126 e. The molecule has 2 N–H and O–H groups in total. The summed E-state index contributed by atoms with van der Waals surface area (Å²) >= 11 is 1.82. The average Bonchev–Trinajstić information content (AvgIpc) is 2.40. The topological polar surface area (TPSA) is 29.3 Å². The number of benzene rings is 1. The molecule has 1 rings (SSSR count). The number of nitrogens with zero attached hydrogens (tertiary/aromatic N) is 1. The fourth-order valence-electron chi connectivity index (χ4n) is 2.28. The lowest BCUT2D eigenvalue weighted by Crippen LogP contribution is -2.55. The second kappa shape index (κ2) is 7.27. The second-order valence-electron chi connectivity index (χ2n) is 5.38. The van der Waals surface area contributed by atoms with Crippen LogP contribution in [0.5, 0.6) is 0 Å². The fourth-order valence-corrected chi connectivity index (χ4v) is 2.98. The highest BCUT2D eigenvalue weighted by Crippen LogP contribution is 2.23. The number of hydrogen-bond donors (Lipinski definition) is 1. The molecule has 2 unspecified atom stereocenters. The third-order valence-electron chi connectivity index (χ3n) is 3.89. The quantitative estimate of drug-likeness (QED) is 0.835. The van der Waals surface area contributed by atoms with Crippen LogP contribution in [-0.2, 0) is 6.42 Å². The third-order valence-corrected chi connectivity index (χ3v) is 4.71. The molecule has 1 aromatic rings. The van der Waals surface area contributed by atoms with Crippen LogP contribution in [0.2, 0.25) is 0 Å². The van der Waals surface area contributed by atoms with Gasteiger partial charge in [0.2, 0.25) is 0 Å². The van der Waals surface area contributed by atoms with Gasteiger partial charge in [0, 0.05) is 23.9 Å². The van der Waals surface area contributed by atoms with E-state index < -0.39 is 0 Å². The minimum absolute atomic E-state index is 0.145. The molecular weight excluding hydrogens is 259 g/mol. The Morgan fingerprint density at radius 2 is 2.05 bits per heavy atom. The minimum Gasteiger partial charge on any atom is -0.329 e. The van der Waals surface area contributed by atoms with Gasteiger partial charge in [-0.25, -0.2) is 4.39 Å². The molecule has 0 aliphatic heterocycles. The monoisotopic (exact) mass is 284 g/mol. The molecule has 0 saturated heterocycles. The van der Waals surface area contributed by atoms with Gasteiger partial charge in [-0.3, -0.25) is 4.90 Å². The Bertz CT molecular complexity index is 399. The molecule has 0 aliphatic rings. The predicted octanol–water partition coefficient (Wildman–Crippen LogP) is 2.77. The lowest BCUT2D eigenvalue weighted by molar-refractivity contribution is 0.110. The molecule has 0 amide bonds. The van der Waals surface area contributed by atoms with E-state index >= 15 is 0 Å². The van der Waals surface area contributed by atoms with E-state index in [-0.39, 0.29) is 11.4 Å². The Morgan fingerprint density at radius 3 is 2.58 bits per heavy atom. The van der Waals surface area contributed by atoms with E-state index in [1.54, 1.807) is 6.07 Å². The largest absolute Gasteiger partial charge is 0.329 e. The van der Waals surface area contributed by atoms with Gasteiger partial charge in [-0.15, -0.1) is 0 Å². The molecule has 2 nitrogen and oxygen atoms in total. The molecule has 0 fully saturated rings. The van der Waals surface area contributed by atoms with Gasteiger partial charge in [0.1, 0.15) is 5.82 Å². The summed E-state index contributed by atoms with van der Waals surface area (Å²) in [6.07, 6.45) is 2.73. The van der Waals surface area contributed by atoms with Gasteiger partial charge in [0.05, 0.1) is 0 Å². The van der Waals surface area contributed by atoms with Crippen LogP contribution in [0, 0.1) is 5.82 Å². The van der Waals surface area contributed by atoms with E-state index in [2.05, 4.69) is 32.1 Å².